The topological polar surface area (TPSA) is 71.4 Å². The second kappa shape index (κ2) is 4.22. The molecule has 1 unspecified atom stereocenters. The van der Waals surface area contributed by atoms with Gasteiger partial charge in [-0.1, -0.05) is 6.92 Å². The lowest BCUT2D eigenvalue weighted by Crippen LogP contribution is -2.25. The maximum atomic E-state index is 4.30. The monoisotopic (exact) mass is 206 g/mol. The van der Waals surface area contributed by atoms with Crippen molar-refractivity contribution in [3.63, 3.8) is 0 Å². The van der Waals surface area contributed by atoms with Crippen molar-refractivity contribution in [3.05, 3.63) is 30.4 Å². The second-order valence-corrected chi connectivity index (χ2v) is 3.26. The molecule has 0 amide bonds. The van der Waals surface area contributed by atoms with Crippen LogP contribution in [-0.4, -0.2) is 31.3 Å². The number of rotatable bonds is 4. The molecule has 2 N–H and O–H groups in total. The van der Waals surface area contributed by atoms with Crippen molar-refractivity contribution in [1.29, 1.82) is 0 Å². The predicted molar refractivity (Wildman–Crippen MR) is 55.1 cm³/mol. The van der Waals surface area contributed by atoms with E-state index in [1.165, 1.54) is 6.33 Å². The van der Waals surface area contributed by atoms with Crippen LogP contribution in [0.25, 0.3) is 0 Å². The Kier molecular flexibility index (Phi) is 2.77. The number of H-pyrrole nitrogens is 1. The van der Waals surface area contributed by atoms with Gasteiger partial charge < -0.3 is 9.88 Å². The molecular weight excluding hydrogens is 192 g/mol. The molecule has 0 spiro atoms. The Morgan fingerprint density at radius 1 is 1.53 bits per heavy atom. The first kappa shape index (κ1) is 9.85. The minimum absolute atomic E-state index is 0.0301. The fourth-order valence-electron chi connectivity index (χ4n) is 1.52. The van der Waals surface area contributed by atoms with Crippen LogP contribution >= 0.6 is 0 Å². The third kappa shape index (κ3) is 1.89. The smallest absolute Gasteiger partial charge is 0.149 e. The van der Waals surface area contributed by atoms with Crippen LogP contribution in [0.3, 0.4) is 0 Å². The fraction of sp³-hybridized carbons (Fsp3) is 0.444. The molecule has 80 valence electrons. The number of aromatic amines is 1. The van der Waals surface area contributed by atoms with Crippen LogP contribution in [0.5, 0.6) is 0 Å². The van der Waals surface area contributed by atoms with E-state index in [1.54, 1.807) is 6.20 Å². The van der Waals surface area contributed by atoms with Crippen molar-refractivity contribution in [3.8, 4) is 0 Å². The number of hydrogen-bond donors (Lipinski definition) is 2. The molecule has 0 aliphatic heterocycles. The Morgan fingerprint density at radius 2 is 2.40 bits per heavy atom. The van der Waals surface area contributed by atoms with E-state index in [2.05, 4.69) is 25.5 Å². The number of nitrogens with one attached hydrogen (secondary N) is 2. The molecule has 1 atom stereocenters. The van der Waals surface area contributed by atoms with E-state index in [4.69, 9.17) is 0 Å². The number of nitrogens with zero attached hydrogens (tertiary/aromatic N) is 4. The van der Waals surface area contributed by atoms with Crippen LogP contribution in [0.4, 0.5) is 0 Å². The van der Waals surface area contributed by atoms with Gasteiger partial charge in [0.2, 0.25) is 0 Å². The lowest BCUT2D eigenvalue weighted by molar-refractivity contribution is 0.552. The maximum Gasteiger partial charge on any atom is 0.149 e. The van der Waals surface area contributed by atoms with Crippen LogP contribution in [0.2, 0.25) is 0 Å². The summed E-state index contributed by atoms with van der Waals surface area (Å²) in [7, 11) is 1.96. The number of imidazole rings is 1. The number of aryl methyl sites for hydroxylation is 1. The molecule has 6 heteroatoms. The van der Waals surface area contributed by atoms with Crippen molar-refractivity contribution in [2.24, 2.45) is 7.05 Å². The minimum Gasteiger partial charge on any atom is -0.336 e. The molecule has 6 nitrogen and oxygen atoms in total. The first-order valence-corrected chi connectivity index (χ1v) is 4.88. The molecule has 0 aromatic carbocycles. The average Bonchev–Trinajstić information content (AvgIpc) is 2.85. The van der Waals surface area contributed by atoms with Crippen LogP contribution in [-0.2, 0) is 7.05 Å². The van der Waals surface area contributed by atoms with Crippen LogP contribution in [0.1, 0.15) is 24.6 Å². The molecule has 2 heterocycles. The Hall–Kier alpha value is -1.69. The second-order valence-electron chi connectivity index (χ2n) is 3.26. The lowest BCUT2D eigenvalue weighted by atomic mass is 10.2. The van der Waals surface area contributed by atoms with Gasteiger partial charge in [0.25, 0.3) is 0 Å². The summed E-state index contributed by atoms with van der Waals surface area (Å²) < 4.78 is 1.97. The van der Waals surface area contributed by atoms with Crippen molar-refractivity contribution < 1.29 is 0 Å². The summed E-state index contributed by atoms with van der Waals surface area (Å²) >= 11 is 0. The Balaban J connectivity index is 2.32. The summed E-state index contributed by atoms with van der Waals surface area (Å²) in [5.41, 5.74) is 0. The molecule has 0 aliphatic carbocycles. The molecular formula is C9H14N6. The molecule has 0 aliphatic rings. The molecule has 0 saturated carbocycles. The first-order chi connectivity index (χ1) is 7.33. The van der Waals surface area contributed by atoms with E-state index < -0.39 is 0 Å². The molecule has 2 rings (SSSR count). The summed E-state index contributed by atoms with van der Waals surface area (Å²) in [5, 5.41) is 10.0. The standard InChI is InChI=1S/C9H14N6/c1-3-10-7(8-12-6-13-14-8)9-11-4-5-15(9)2/h4-7,10H,3H2,1-2H3,(H,12,13,14). The zero-order valence-electron chi connectivity index (χ0n) is 8.81. The van der Waals surface area contributed by atoms with Gasteiger partial charge in [-0.15, -0.1) is 0 Å². The van der Waals surface area contributed by atoms with E-state index in [9.17, 15) is 0 Å². The normalized spacial score (nSPS) is 12.9. The number of aromatic nitrogens is 5. The Bertz CT molecular complexity index is 404. The van der Waals surface area contributed by atoms with E-state index >= 15 is 0 Å². The highest BCUT2D eigenvalue weighted by molar-refractivity contribution is 5.09. The summed E-state index contributed by atoms with van der Waals surface area (Å²) in [6.07, 6.45) is 5.19. The van der Waals surface area contributed by atoms with Crippen molar-refractivity contribution in [2.45, 2.75) is 13.0 Å². The zero-order chi connectivity index (χ0) is 10.7. The van der Waals surface area contributed by atoms with E-state index in [1.807, 2.05) is 24.7 Å². The summed E-state index contributed by atoms with van der Waals surface area (Å²) in [5.74, 6) is 1.71. The van der Waals surface area contributed by atoms with Gasteiger partial charge >= 0.3 is 0 Å². The van der Waals surface area contributed by atoms with Gasteiger partial charge in [-0.25, -0.2) is 9.97 Å². The molecule has 0 saturated heterocycles. The maximum absolute atomic E-state index is 4.30. The quantitative estimate of drug-likeness (QED) is 0.751. The van der Waals surface area contributed by atoms with E-state index in [-0.39, 0.29) is 6.04 Å². The predicted octanol–water partition coefficient (Wildman–Crippen LogP) is 0.237. The van der Waals surface area contributed by atoms with Crippen molar-refractivity contribution in [1.82, 2.24) is 30.0 Å². The van der Waals surface area contributed by atoms with Gasteiger partial charge in [-0.05, 0) is 6.54 Å². The molecule has 0 bridgehead atoms. The van der Waals surface area contributed by atoms with Crippen LogP contribution in [0, 0.1) is 0 Å². The summed E-state index contributed by atoms with van der Waals surface area (Å²) in [6, 6.07) is -0.0301. The molecule has 2 aromatic heterocycles. The van der Waals surface area contributed by atoms with Crippen LogP contribution < -0.4 is 5.32 Å². The summed E-state index contributed by atoms with van der Waals surface area (Å²) in [6.45, 7) is 2.89. The van der Waals surface area contributed by atoms with Gasteiger partial charge in [0, 0.05) is 19.4 Å². The van der Waals surface area contributed by atoms with E-state index in [0.717, 1.165) is 18.2 Å². The molecule has 15 heavy (non-hydrogen) atoms. The minimum atomic E-state index is -0.0301. The third-order valence-corrected chi connectivity index (χ3v) is 2.23. The zero-order valence-corrected chi connectivity index (χ0v) is 8.81. The van der Waals surface area contributed by atoms with Crippen molar-refractivity contribution >= 4 is 0 Å². The fourth-order valence-corrected chi connectivity index (χ4v) is 1.52. The van der Waals surface area contributed by atoms with Gasteiger partial charge in [0.15, 0.2) is 0 Å². The summed E-state index contributed by atoms with van der Waals surface area (Å²) in [4.78, 5) is 8.45. The van der Waals surface area contributed by atoms with Gasteiger partial charge in [-0.2, -0.15) is 5.10 Å². The SMILES string of the molecule is CCNC(c1ncn[nH]1)c1nccn1C. The van der Waals surface area contributed by atoms with E-state index in [0.29, 0.717) is 0 Å². The Labute approximate surface area is 87.8 Å². The molecule has 0 radical (unpaired) electrons. The first-order valence-electron chi connectivity index (χ1n) is 4.88. The molecule has 0 fully saturated rings. The largest absolute Gasteiger partial charge is 0.336 e. The van der Waals surface area contributed by atoms with Crippen LogP contribution in [0.15, 0.2) is 18.7 Å². The van der Waals surface area contributed by atoms with Gasteiger partial charge in [0.05, 0.1) is 0 Å². The highest BCUT2D eigenvalue weighted by Gasteiger charge is 2.19. The average molecular weight is 206 g/mol. The van der Waals surface area contributed by atoms with Crippen molar-refractivity contribution in [2.75, 3.05) is 6.54 Å². The molecule has 2 aromatic rings. The van der Waals surface area contributed by atoms with Gasteiger partial charge in [0.1, 0.15) is 24.0 Å². The van der Waals surface area contributed by atoms with Gasteiger partial charge in [-0.3, -0.25) is 5.10 Å². The number of hydrogen-bond acceptors (Lipinski definition) is 4. The third-order valence-electron chi connectivity index (χ3n) is 2.23. The Morgan fingerprint density at radius 3 is 2.93 bits per heavy atom. The lowest BCUT2D eigenvalue weighted by Gasteiger charge is -2.14. The highest BCUT2D eigenvalue weighted by Crippen LogP contribution is 2.15. The highest BCUT2D eigenvalue weighted by atomic mass is 15.2.